The van der Waals surface area contributed by atoms with Crippen molar-refractivity contribution in [2.75, 3.05) is 13.7 Å². The van der Waals surface area contributed by atoms with Gasteiger partial charge < -0.3 is 15.0 Å². The molecule has 0 aliphatic rings. The van der Waals surface area contributed by atoms with Crippen molar-refractivity contribution >= 4 is 0 Å². The summed E-state index contributed by atoms with van der Waals surface area (Å²) in [5, 5.41) is 3.84. The lowest BCUT2D eigenvalue weighted by atomic mass is 10.0. The molecule has 0 spiro atoms. The van der Waals surface area contributed by atoms with Gasteiger partial charge in [-0.25, -0.2) is 0 Å². The van der Waals surface area contributed by atoms with Crippen molar-refractivity contribution in [3.63, 3.8) is 0 Å². The second-order valence-electron chi connectivity index (χ2n) is 4.03. The van der Waals surface area contributed by atoms with Crippen molar-refractivity contribution in [1.82, 2.24) is 10.1 Å². The Hall–Kier alpha value is -0.940. The molecule has 2 N–H and O–H groups in total. The van der Waals surface area contributed by atoms with E-state index in [2.05, 4.69) is 24.0 Å². The summed E-state index contributed by atoms with van der Waals surface area (Å²) in [6, 6.07) is -0.159. The molecule has 0 bridgehead atoms. The van der Waals surface area contributed by atoms with Crippen LogP contribution in [0.2, 0.25) is 0 Å². The summed E-state index contributed by atoms with van der Waals surface area (Å²) in [6.45, 7) is 4.82. The van der Waals surface area contributed by atoms with Gasteiger partial charge >= 0.3 is 0 Å². The highest BCUT2D eigenvalue weighted by atomic mass is 16.5. The molecule has 0 unspecified atom stereocenters. The molecular formula is C10H19N3O2. The average Bonchev–Trinajstić information content (AvgIpc) is 2.62. The van der Waals surface area contributed by atoms with E-state index in [1.54, 1.807) is 7.11 Å². The summed E-state index contributed by atoms with van der Waals surface area (Å²) >= 11 is 0. The monoisotopic (exact) mass is 213 g/mol. The predicted octanol–water partition coefficient (Wildman–Crippen LogP) is 1.30. The maximum absolute atomic E-state index is 5.91. The zero-order chi connectivity index (χ0) is 11.3. The van der Waals surface area contributed by atoms with E-state index in [4.69, 9.17) is 15.0 Å². The number of nitrogens with zero attached hydrogens (tertiary/aromatic N) is 2. The molecular weight excluding hydrogens is 194 g/mol. The van der Waals surface area contributed by atoms with Gasteiger partial charge in [-0.3, -0.25) is 0 Å². The van der Waals surface area contributed by atoms with Gasteiger partial charge in [-0.15, -0.1) is 0 Å². The van der Waals surface area contributed by atoms with Crippen LogP contribution < -0.4 is 5.73 Å². The molecule has 0 radical (unpaired) electrons. The molecule has 0 saturated heterocycles. The molecule has 0 aromatic carbocycles. The minimum absolute atomic E-state index is 0.159. The minimum atomic E-state index is -0.159. The molecule has 0 saturated carbocycles. The van der Waals surface area contributed by atoms with Gasteiger partial charge in [0.1, 0.15) is 0 Å². The van der Waals surface area contributed by atoms with Gasteiger partial charge in [0.15, 0.2) is 5.82 Å². The normalized spacial score (nSPS) is 13.4. The predicted molar refractivity (Wildman–Crippen MR) is 56.3 cm³/mol. The zero-order valence-corrected chi connectivity index (χ0v) is 9.56. The first-order valence-corrected chi connectivity index (χ1v) is 5.20. The quantitative estimate of drug-likeness (QED) is 0.771. The van der Waals surface area contributed by atoms with Crippen LogP contribution in [-0.2, 0) is 11.2 Å². The fourth-order valence-corrected chi connectivity index (χ4v) is 1.32. The van der Waals surface area contributed by atoms with E-state index in [9.17, 15) is 0 Å². The minimum Gasteiger partial charge on any atom is -0.384 e. The van der Waals surface area contributed by atoms with Crippen molar-refractivity contribution in [3.05, 3.63) is 11.7 Å². The van der Waals surface area contributed by atoms with E-state index in [0.717, 1.165) is 6.42 Å². The maximum Gasteiger partial charge on any atom is 0.243 e. The summed E-state index contributed by atoms with van der Waals surface area (Å²) in [6.07, 6.45) is 1.51. The topological polar surface area (TPSA) is 74.2 Å². The highest BCUT2D eigenvalue weighted by molar-refractivity contribution is 4.92. The van der Waals surface area contributed by atoms with Crippen LogP contribution in [0.5, 0.6) is 0 Å². The van der Waals surface area contributed by atoms with Gasteiger partial charge in [0, 0.05) is 13.5 Å². The van der Waals surface area contributed by atoms with Crippen LogP contribution in [0.1, 0.15) is 38.0 Å². The van der Waals surface area contributed by atoms with Crippen LogP contribution in [0, 0.1) is 5.92 Å². The van der Waals surface area contributed by atoms with E-state index in [1.807, 2.05) is 0 Å². The molecule has 15 heavy (non-hydrogen) atoms. The molecule has 0 aliphatic carbocycles. The smallest absolute Gasteiger partial charge is 0.243 e. The number of hydrogen-bond donors (Lipinski definition) is 1. The van der Waals surface area contributed by atoms with E-state index in [1.165, 1.54) is 0 Å². The third kappa shape index (κ3) is 3.97. The summed E-state index contributed by atoms with van der Waals surface area (Å²) in [4.78, 5) is 4.22. The third-order valence-electron chi connectivity index (χ3n) is 2.06. The Labute approximate surface area is 90.0 Å². The van der Waals surface area contributed by atoms with Gasteiger partial charge in [0.25, 0.3) is 0 Å². The Morgan fingerprint density at radius 3 is 2.80 bits per heavy atom. The highest BCUT2D eigenvalue weighted by Crippen LogP contribution is 2.16. The number of nitrogens with two attached hydrogens (primary N) is 1. The number of rotatable bonds is 6. The fraction of sp³-hybridized carbons (Fsp3) is 0.800. The lowest BCUT2D eigenvalue weighted by molar-refractivity contribution is 0.199. The molecule has 1 heterocycles. The summed E-state index contributed by atoms with van der Waals surface area (Å²) < 4.78 is 10.0. The van der Waals surface area contributed by atoms with Crippen molar-refractivity contribution in [2.24, 2.45) is 11.7 Å². The second-order valence-corrected chi connectivity index (χ2v) is 4.03. The zero-order valence-electron chi connectivity index (χ0n) is 9.56. The molecule has 0 aliphatic heterocycles. The molecule has 0 amide bonds. The van der Waals surface area contributed by atoms with Crippen LogP contribution in [0.15, 0.2) is 4.52 Å². The molecule has 1 aromatic heterocycles. The van der Waals surface area contributed by atoms with Crippen LogP contribution in [0.25, 0.3) is 0 Å². The molecule has 5 nitrogen and oxygen atoms in total. The first-order chi connectivity index (χ1) is 7.13. The van der Waals surface area contributed by atoms with E-state index < -0.39 is 0 Å². The Balaban J connectivity index is 2.51. The van der Waals surface area contributed by atoms with Gasteiger partial charge in [-0.2, -0.15) is 4.98 Å². The summed E-state index contributed by atoms with van der Waals surface area (Å²) in [5.74, 6) is 1.70. The Morgan fingerprint density at radius 1 is 1.47 bits per heavy atom. The number of aromatic nitrogens is 2. The first-order valence-electron chi connectivity index (χ1n) is 5.20. The van der Waals surface area contributed by atoms with Crippen LogP contribution in [-0.4, -0.2) is 23.9 Å². The second kappa shape index (κ2) is 5.82. The number of methoxy groups -OCH3 is 1. The third-order valence-corrected chi connectivity index (χ3v) is 2.06. The Bertz CT molecular complexity index is 286. The molecule has 1 atom stereocenters. The van der Waals surface area contributed by atoms with Crippen molar-refractivity contribution in [1.29, 1.82) is 0 Å². The van der Waals surface area contributed by atoms with E-state index in [0.29, 0.717) is 30.7 Å². The molecule has 1 aromatic rings. The molecule has 86 valence electrons. The van der Waals surface area contributed by atoms with Crippen molar-refractivity contribution in [3.8, 4) is 0 Å². The number of ether oxygens (including phenoxy) is 1. The summed E-state index contributed by atoms with van der Waals surface area (Å²) in [5.41, 5.74) is 5.91. The van der Waals surface area contributed by atoms with Crippen LogP contribution in [0.3, 0.4) is 0 Å². The standard InChI is InChI=1S/C10H19N3O2/c1-7(2)6-8(11)10-12-9(13-15-10)4-5-14-3/h7-8H,4-6,11H2,1-3H3/t8-/m0/s1. The van der Waals surface area contributed by atoms with Gasteiger partial charge in [0.05, 0.1) is 12.6 Å². The van der Waals surface area contributed by atoms with Gasteiger partial charge in [-0.1, -0.05) is 19.0 Å². The van der Waals surface area contributed by atoms with Crippen molar-refractivity contribution < 1.29 is 9.26 Å². The van der Waals surface area contributed by atoms with Gasteiger partial charge in [-0.05, 0) is 12.3 Å². The largest absolute Gasteiger partial charge is 0.384 e. The Kier molecular flexibility index (Phi) is 4.71. The van der Waals surface area contributed by atoms with E-state index >= 15 is 0 Å². The lowest BCUT2D eigenvalue weighted by Crippen LogP contribution is -2.13. The first kappa shape index (κ1) is 12.1. The van der Waals surface area contributed by atoms with Crippen LogP contribution >= 0.6 is 0 Å². The highest BCUT2D eigenvalue weighted by Gasteiger charge is 2.15. The lowest BCUT2D eigenvalue weighted by Gasteiger charge is -2.08. The Morgan fingerprint density at radius 2 is 2.20 bits per heavy atom. The number of hydrogen-bond acceptors (Lipinski definition) is 5. The SMILES string of the molecule is COCCc1noc([C@@H](N)CC(C)C)n1. The van der Waals surface area contributed by atoms with Gasteiger partial charge in [0.2, 0.25) is 5.89 Å². The molecule has 1 rings (SSSR count). The van der Waals surface area contributed by atoms with E-state index in [-0.39, 0.29) is 6.04 Å². The fourth-order valence-electron chi connectivity index (χ4n) is 1.32. The summed E-state index contributed by atoms with van der Waals surface area (Å²) in [7, 11) is 1.64. The average molecular weight is 213 g/mol. The molecule has 0 fully saturated rings. The van der Waals surface area contributed by atoms with Crippen molar-refractivity contribution in [2.45, 2.75) is 32.7 Å². The van der Waals surface area contributed by atoms with Crippen LogP contribution in [0.4, 0.5) is 0 Å². The maximum atomic E-state index is 5.91. The molecule has 5 heteroatoms.